The van der Waals surface area contributed by atoms with Gasteiger partial charge in [-0.2, -0.15) is 13.2 Å². The maximum Gasteiger partial charge on any atom is 0.416 e. The first-order valence-corrected chi connectivity index (χ1v) is 6.58. The Bertz CT molecular complexity index is 650. The first kappa shape index (κ1) is 13.8. The summed E-state index contributed by atoms with van der Waals surface area (Å²) in [5.41, 5.74) is 2.24. The number of alkyl halides is 3. The van der Waals surface area contributed by atoms with Gasteiger partial charge in [0.2, 0.25) is 0 Å². The zero-order valence-electron chi connectivity index (χ0n) is 11.4. The van der Waals surface area contributed by atoms with Gasteiger partial charge in [0.25, 0.3) is 0 Å². The predicted octanol–water partition coefficient (Wildman–Crippen LogP) is 4.42. The van der Waals surface area contributed by atoms with Gasteiger partial charge < -0.3 is 10.1 Å². The highest BCUT2D eigenvalue weighted by Gasteiger charge is 2.31. The maximum absolute atomic E-state index is 12.6. The second-order valence-electron chi connectivity index (χ2n) is 5.02. The van der Waals surface area contributed by atoms with Gasteiger partial charge in [-0.1, -0.05) is 24.3 Å². The number of fused-ring (bicyclic) bond motifs is 1. The molecule has 2 nitrogen and oxygen atoms in total. The molecule has 21 heavy (non-hydrogen) atoms. The Morgan fingerprint density at radius 3 is 2.43 bits per heavy atom. The van der Waals surface area contributed by atoms with Crippen molar-refractivity contribution in [2.45, 2.75) is 18.6 Å². The molecular formula is C16H14F3NO. The van der Waals surface area contributed by atoms with Crippen molar-refractivity contribution in [3.63, 3.8) is 0 Å². The summed E-state index contributed by atoms with van der Waals surface area (Å²) in [7, 11) is 1.60. The fourth-order valence-electron chi connectivity index (χ4n) is 2.63. The van der Waals surface area contributed by atoms with Crippen LogP contribution in [0.3, 0.4) is 0 Å². The SMILES string of the molecule is COc1cccc2c1NC(c1ccc(C(F)(F)F)cc1)C2. The molecule has 1 aliphatic heterocycles. The van der Waals surface area contributed by atoms with E-state index < -0.39 is 11.7 Å². The zero-order chi connectivity index (χ0) is 15.0. The van der Waals surface area contributed by atoms with Crippen LogP contribution in [0.5, 0.6) is 5.75 Å². The molecule has 0 spiro atoms. The predicted molar refractivity (Wildman–Crippen MR) is 74.5 cm³/mol. The third-order valence-electron chi connectivity index (χ3n) is 3.72. The van der Waals surface area contributed by atoms with Gasteiger partial charge in [-0.15, -0.1) is 0 Å². The number of hydrogen-bond acceptors (Lipinski definition) is 2. The number of methoxy groups -OCH3 is 1. The summed E-state index contributed by atoms with van der Waals surface area (Å²) in [5.74, 6) is 0.752. The highest BCUT2D eigenvalue weighted by atomic mass is 19.4. The van der Waals surface area contributed by atoms with Crippen LogP contribution in [0.1, 0.15) is 22.7 Å². The van der Waals surface area contributed by atoms with Gasteiger partial charge in [0.05, 0.1) is 24.4 Å². The van der Waals surface area contributed by atoms with Gasteiger partial charge >= 0.3 is 6.18 Å². The minimum absolute atomic E-state index is 0.0291. The van der Waals surface area contributed by atoms with Crippen LogP contribution in [0.4, 0.5) is 18.9 Å². The van der Waals surface area contributed by atoms with Gasteiger partial charge in [-0.05, 0) is 35.7 Å². The largest absolute Gasteiger partial charge is 0.495 e. The molecule has 3 rings (SSSR count). The van der Waals surface area contributed by atoms with Crippen molar-refractivity contribution in [1.82, 2.24) is 0 Å². The number of halogens is 3. The van der Waals surface area contributed by atoms with Crippen molar-refractivity contribution in [3.05, 3.63) is 59.2 Å². The molecule has 0 radical (unpaired) electrons. The van der Waals surface area contributed by atoms with Crippen molar-refractivity contribution in [2.75, 3.05) is 12.4 Å². The van der Waals surface area contributed by atoms with E-state index in [9.17, 15) is 13.2 Å². The molecule has 1 N–H and O–H groups in total. The van der Waals surface area contributed by atoms with E-state index in [2.05, 4.69) is 5.32 Å². The minimum Gasteiger partial charge on any atom is -0.495 e. The van der Waals surface area contributed by atoms with E-state index in [1.165, 1.54) is 12.1 Å². The third kappa shape index (κ3) is 2.55. The monoisotopic (exact) mass is 293 g/mol. The quantitative estimate of drug-likeness (QED) is 0.884. The van der Waals surface area contributed by atoms with Crippen molar-refractivity contribution in [1.29, 1.82) is 0 Å². The van der Waals surface area contributed by atoms with E-state index in [1.807, 2.05) is 18.2 Å². The van der Waals surface area contributed by atoms with Crippen molar-refractivity contribution in [2.24, 2.45) is 0 Å². The average molecular weight is 293 g/mol. The molecule has 2 aromatic carbocycles. The summed E-state index contributed by atoms with van der Waals surface area (Å²) < 4.78 is 43.0. The van der Waals surface area contributed by atoms with E-state index in [-0.39, 0.29) is 6.04 Å². The summed E-state index contributed by atoms with van der Waals surface area (Å²) in [6, 6.07) is 11.0. The Morgan fingerprint density at radius 2 is 1.81 bits per heavy atom. The highest BCUT2D eigenvalue weighted by molar-refractivity contribution is 5.67. The van der Waals surface area contributed by atoms with Crippen LogP contribution >= 0.6 is 0 Å². The maximum atomic E-state index is 12.6. The number of ether oxygens (including phenoxy) is 1. The fourth-order valence-corrected chi connectivity index (χ4v) is 2.63. The smallest absolute Gasteiger partial charge is 0.416 e. The van der Waals surface area contributed by atoms with Gasteiger partial charge in [-0.3, -0.25) is 0 Å². The second kappa shape index (κ2) is 4.98. The van der Waals surface area contributed by atoms with Crippen LogP contribution in [0.25, 0.3) is 0 Å². The number of rotatable bonds is 2. The fraction of sp³-hybridized carbons (Fsp3) is 0.250. The van der Waals surface area contributed by atoms with Crippen LogP contribution in [0, 0.1) is 0 Å². The summed E-state index contributed by atoms with van der Waals surface area (Å²) in [6.45, 7) is 0. The van der Waals surface area contributed by atoms with Crippen molar-refractivity contribution >= 4 is 5.69 Å². The van der Waals surface area contributed by atoms with Crippen molar-refractivity contribution in [3.8, 4) is 5.75 Å². The summed E-state index contributed by atoms with van der Waals surface area (Å²) >= 11 is 0. The topological polar surface area (TPSA) is 21.3 Å². The summed E-state index contributed by atoms with van der Waals surface area (Å²) in [4.78, 5) is 0. The van der Waals surface area contributed by atoms with Crippen LogP contribution in [0.2, 0.25) is 0 Å². The Morgan fingerprint density at radius 1 is 1.10 bits per heavy atom. The molecule has 0 saturated carbocycles. The summed E-state index contributed by atoms with van der Waals surface area (Å²) in [5, 5.41) is 3.32. The molecule has 2 aromatic rings. The van der Waals surface area contributed by atoms with Crippen LogP contribution < -0.4 is 10.1 Å². The van der Waals surface area contributed by atoms with Gasteiger partial charge in [0.1, 0.15) is 5.75 Å². The molecular weight excluding hydrogens is 279 g/mol. The normalized spacial score (nSPS) is 17.2. The number of nitrogens with one attached hydrogen (secondary N) is 1. The van der Waals surface area contributed by atoms with Crippen LogP contribution in [-0.2, 0) is 12.6 Å². The lowest BCUT2D eigenvalue weighted by atomic mass is 10.0. The number of hydrogen-bond donors (Lipinski definition) is 1. The summed E-state index contributed by atoms with van der Waals surface area (Å²) in [6.07, 6.45) is -3.56. The standard InChI is InChI=1S/C16H14F3NO/c1-21-14-4-2-3-11-9-13(20-15(11)14)10-5-7-12(8-6-10)16(17,18)19/h2-8,13,20H,9H2,1H3. The van der Waals surface area contributed by atoms with Gasteiger partial charge in [-0.25, -0.2) is 0 Å². The number of anilines is 1. The number of para-hydroxylation sites is 1. The van der Waals surface area contributed by atoms with Crippen molar-refractivity contribution < 1.29 is 17.9 Å². The molecule has 0 aromatic heterocycles. The molecule has 1 aliphatic rings. The Balaban J connectivity index is 1.84. The number of benzene rings is 2. The van der Waals surface area contributed by atoms with Crippen LogP contribution in [0.15, 0.2) is 42.5 Å². The first-order valence-electron chi connectivity index (χ1n) is 6.58. The van der Waals surface area contributed by atoms with E-state index >= 15 is 0 Å². The molecule has 1 heterocycles. The Hall–Kier alpha value is -2.17. The van der Waals surface area contributed by atoms with E-state index in [0.717, 1.165) is 41.1 Å². The van der Waals surface area contributed by atoms with Gasteiger partial charge in [0.15, 0.2) is 0 Å². The van der Waals surface area contributed by atoms with E-state index in [0.29, 0.717) is 0 Å². The minimum atomic E-state index is -4.30. The van der Waals surface area contributed by atoms with E-state index in [1.54, 1.807) is 7.11 Å². The molecule has 0 saturated heterocycles. The molecule has 1 atom stereocenters. The average Bonchev–Trinajstić information content (AvgIpc) is 2.90. The second-order valence-corrected chi connectivity index (χ2v) is 5.02. The molecule has 1 unspecified atom stereocenters. The molecule has 5 heteroatoms. The lowest BCUT2D eigenvalue weighted by molar-refractivity contribution is -0.137. The zero-order valence-corrected chi connectivity index (χ0v) is 11.4. The third-order valence-corrected chi connectivity index (χ3v) is 3.72. The lowest BCUT2D eigenvalue weighted by Gasteiger charge is -2.14. The van der Waals surface area contributed by atoms with E-state index in [4.69, 9.17) is 4.74 Å². The molecule has 110 valence electrons. The van der Waals surface area contributed by atoms with Crippen LogP contribution in [-0.4, -0.2) is 7.11 Å². The molecule has 0 aliphatic carbocycles. The molecule has 0 bridgehead atoms. The lowest BCUT2D eigenvalue weighted by Crippen LogP contribution is -2.08. The van der Waals surface area contributed by atoms with Gasteiger partial charge in [0, 0.05) is 0 Å². The molecule has 0 fully saturated rings. The Labute approximate surface area is 120 Å². The first-order chi connectivity index (χ1) is 9.99. The molecule has 0 amide bonds. The Kier molecular flexibility index (Phi) is 3.27. The highest BCUT2D eigenvalue weighted by Crippen LogP contribution is 2.40.